The zero-order valence-electron chi connectivity index (χ0n) is 15.2. The molecule has 1 aromatic heterocycles. The van der Waals surface area contributed by atoms with Crippen LogP contribution in [-0.4, -0.2) is 16.5 Å². The molecular weight excluding hydrogens is 381 g/mol. The summed E-state index contributed by atoms with van der Waals surface area (Å²) in [5.74, 6) is 2.50. The Kier molecular flexibility index (Phi) is 6.54. The molecule has 27 heavy (non-hydrogen) atoms. The van der Waals surface area contributed by atoms with Crippen LogP contribution in [0.15, 0.2) is 54.9 Å². The van der Waals surface area contributed by atoms with Crippen LogP contribution in [-0.2, 0) is 6.42 Å². The number of nitrogens with one attached hydrogen (secondary N) is 1. The van der Waals surface area contributed by atoms with E-state index in [2.05, 4.69) is 34.3 Å². The van der Waals surface area contributed by atoms with E-state index >= 15 is 0 Å². The first-order chi connectivity index (χ1) is 13.1. The molecular formula is C21H21Cl2N3O. The summed E-state index contributed by atoms with van der Waals surface area (Å²) in [6, 6.07) is 15.4. The van der Waals surface area contributed by atoms with Gasteiger partial charge in [0.1, 0.15) is 28.7 Å². The van der Waals surface area contributed by atoms with Gasteiger partial charge in [-0.2, -0.15) is 0 Å². The number of nitrogens with zero attached hydrogens (tertiary/aromatic N) is 2. The van der Waals surface area contributed by atoms with Gasteiger partial charge in [0.05, 0.1) is 5.69 Å². The number of ether oxygens (including phenoxy) is 1. The summed E-state index contributed by atoms with van der Waals surface area (Å²) in [5, 5.41) is 4.60. The van der Waals surface area contributed by atoms with Crippen molar-refractivity contribution in [3.8, 4) is 11.5 Å². The first-order valence-electron chi connectivity index (χ1n) is 8.83. The lowest BCUT2D eigenvalue weighted by atomic mass is 10.0. The summed E-state index contributed by atoms with van der Waals surface area (Å²) in [4.78, 5) is 8.42. The zero-order chi connectivity index (χ0) is 19.2. The molecule has 0 spiro atoms. The monoisotopic (exact) mass is 401 g/mol. The van der Waals surface area contributed by atoms with Gasteiger partial charge in [0.25, 0.3) is 0 Å². The van der Waals surface area contributed by atoms with Crippen molar-refractivity contribution in [3.05, 3.63) is 76.2 Å². The van der Waals surface area contributed by atoms with Gasteiger partial charge < -0.3 is 10.1 Å². The highest BCUT2D eigenvalue weighted by Gasteiger charge is 2.10. The minimum Gasteiger partial charge on any atom is -0.457 e. The van der Waals surface area contributed by atoms with E-state index in [1.807, 2.05) is 31.2 Å². The summed E-state index contributed by atoms with van der Waals surface area (Å²) in [6.45, 7) is 4.89. The Morgan fingerprint density at radius 1 is 0.963 bits per heavy atom. The third-order valence-electron chi connectivity index (χ3n) is 4.27. The molecule has 0 bridgehead atoms. The van der Waals surface area contributed by atoms with Crippen molar-refractivity contribution >= 4 is 29.0 Å². The molecule has 0 saturated heterocycles. The van der Waals surface area contributed by atoms with Crippen molar-refractivity contribution in [1.29, 1.82) is 0 Å². The molecule has 3 rings (SSSR count). The van der Waals surface area contributed by atoms with Gasteiger partial charge >= 0.3 is 0 Å². The first kappa shape index (κ1) is 19.5. The molecule has 0 aliphatic heterocycles. The standard InChI is InChI=1S/C21H21Cl2N3O/c1-3-19-20(23)21(26-13-25-19)24-12-14(2)15-4-8-17(9-5-15)27-18-10-6-16(22)7-11-18/h4-11,13-14H,3,12H2,1-2H3,(H,24,25,26). The summed E-state index contributed by atoms with van der Waals surface area (Å²) >= 11 is 12.2. The maximum Gasteiger partial charge on any atom is 0.148 e. The number of rotatable bonds is 7. The largest absolute Gasteiger partial charge is 0.457 e. The van der Waals surface area contributed by atoms with E-state index in [0.717, 1.165) is 30.2 Å². The van der Waals surface area contributed by atoms with Gasteiger partial charge in [-0.15, -0.1) is 0 Å². The molecule has 6 heteroatoms. The molecule has 2 aromatic carbocycles. The Morgan fingerprint density at radius 3 is 2.22 bits per heavy atom. The van der Waals surface area contributed by atoms with E-state index in [0.29, 0.717) is 15.9 Å². The molecule has 1 atom stereocenters. The molecule has 0 saturated carbocycles. The normalized spacial score (nSPS) is 11.9. The highest BCUT2D eigenvalue weighted by molar-refractivity contribution is 6.33. The average molecular weight is 402 g/mol. The number of aromatic nitrogens is 2. The van der Waals surface area contributed by atoms with Crippen molar-refractivity contribution in [1.82, 2.24) is 9.97 Å². The lowest BCUT2D eigenvalue weighted by Gasteiger charge is -2.15. The van der Waals surface area contributed by atoms with Crippen molar-refractivity contribution in [2.75, 3.05) is 11.9 Å². The van der Waals surface area contributed by atoms with Gasteiger partial charge in [-0.1, -0.05) is 49.2 Å². The molecule has 140 valence electrons. The van der Waals surface area contributed by atoms with E-state index in [1.54, 1.807) is 18.5 Å². The van der Waals surface area contributed by atoms with Crippen LogP contribution in [0.2, 0.25) is 10.0 Å². The van der Waals surface area contributed by atoms with E-state index in [-0.39, 0.29) is 5.92 Å². The van der Waals surface area contributed by atoms with Crippen LogP contribution in [0, 0.1) is 0 Å². The second-order valence-corrected chi connectivity index (χ2v) is 7.06. The van der Waals surface area contributed by atoms with Gasteiger partial charge in [-0.05, 0) is 54.3 Å². The fraction of sp³-hybridized carbons (Fsp3) is 0.238. The average Bonchev–Trinajstić information content (AvgIpc) is 2.69. The van der Waals surface area contributed by atoms with Crippen molar-refractivity contribution in [3.63, 3.8) is 0 Å². The summed E-state index contributed by atoms with van der Waals surface area (Å²) in [6.07, 6.45) is 2.32. The van der Waals surface area contributed by atoms with Crippen molar-refractivity contribution in [2.24, 2.45) is 0 Å². The second-order valence-electron chi connectivity index (χ2n) is 6.24. The number of anilines is 1. The minimum absolute atomic E-state index is 0.283. The predicted octanol–water partition coefficient (Wildman–Crippen LogP) is 6.35. The maximum atomic E-state index is 6.33. The SMILES string of the molecule is CCc1ncnc(NCC(C)c2ccc(Oc3ccc(Cl)cc3)cc2)c1Cl. The molecule has 1 heterocycles. The fourth-order valence-corrected chi connectivity index (χ4v) is 3.07. The van der Waals surface area contributed by atoms with E-state index in [1.165, 1.54) is 5.56 Å². The van der Waals surface area contributed by atoms with Crippen LogP contribution in [0.1, 0.15) is 31.0 Å². The summed E-state index contributed by atoms with van der Waals surface area (Å²) < 4.78 is 5.83. The number of halogens is 2. The topological polar surface area (TPSA) is 47.0 Å². The van der Waals surface area contributed by atoms with Gasteiger partial charge in [-0.3, -0.25) is 0 Å². The predicted molar refractivity (Wildman–Crippen MR) is 111 cm³/mol. The molecule has 0 aliphatic rings. The Bertz CT molecular complexity index is 883. The molecule has 3 aromatic rings. The molecule has 0 amide bonds. The summed E-state index contributed by atoms with van der Waals surface area (Å²) in [7, 11) is 0. The van der Waals surface area contributed by atoms with E-state index in [9.17, 15) is 0 Å². The quantitative estimate of drug-likeness (QED) is 0.500. The van der Waals surface area contributed by atoms with Crippen molar-refractivity contribution < 1.29 is 4.74 Å². The van der Waals surface area contributed by atoms with Gasteiger partial charge in [0, 0.05) is 11.6 Å². The minimum atomic E-state index is 0.283. The Morgan fingerprint density at radius 2 is 1.59 bits per heavy atom. The molecule has 1 unspecified atom stereocenters. The Balaban J connectivity index is 1.60. The molecule has 1 N–H and O–H groups in total. The van der Waals surface area contributed by atoms with Gasteiger partial charge in [-0.25, -0.2) is 9.97 Å². The van der Waals surface area contributed by atoms with Crippen LogP contribution >= 0.6 is 23.2 Å². The third-order valence-corrected chi connectivity index (χ3v) is 4.92. The van der Waals surface area contributed by atoms with Gasteiger partial charge in [0.2, 0.25) is 0 Å². The van der Waals surface area contributed by atoms with Crippen LogP contribution in [0.25, 0.3) is 0 Å². The molecule has 4 nitrogen and oxygen atoms in total. The molecule has 0 fully saturated rings. The number of hydrogen-bond acceptors (Lipinski definition) is 4. The fourth-order valence-electron chi connectivity index (χ4n) is 2.65. The van der Waals surface area contributed by atoms with Crippen LogP contribution < -0.4 is 10.1 Å². The smallest absolute Gasteiger partial charge is 0.148 e. The van der Waals surface area contributed by atoms with Crippen molar-refractivity contribution in [2.45, 2.75) is 26.2 Å². The second kappa shape index (κ2) is 9.07. The van der Waals surface area contributed by atoms with E-state index in [4.69, 9.17) is 27.9 Å². The zero-order valence-corrected chi connectivity index (χ0v) is 16.8. The van der Waals surface area contributed by atoms with E-state index < -0.39 is 0 Å². The lowest BCUT2D eigenvalue weighted by Crippen LogP contribution is -2.12. The third kappa shape index (κ3) is 5.12. The summed E-state index contributed by atoms with van der Waals surface area (Å²) in [5.41, 5.74) is 2.05. The lowest BCUT2D eigenvalue weighted by molar-refractivity contribution is 0.482. The maximum absolute atomic E-state index is 6.33. The highest BCUT2D eigenvalue weighted by atomic mass is 35.5. The molecule has 0 radical (unpaired) electrons. The number of benzene rings is 2. The number of aryl methyl sites for hydroxylation is 1. The Labute approximate surface area is 169 Å². The molecule has 0 aliphatic carbocycles. The number of hydrogen-bond donors (Lipinski definition) is 1. The van der Waals surface area contributed by atoms with Crippen LogP contribution in [0.5, 0.6) is 11.5 Å². The van der Waals surface area contributed by atoms with Gasteiger partial charge in [0.15, 0.2) is 0 Å². The highest BCUT2D eigenvalue weighted by Crippen LogP contribution is 2.26. The van der Waals surface area contributed by atoms with Crippen LogP contribution in [0.3, 0.4) is 0 Å². The first-order valence-corrected chi connectivity index (χ1v) is 9.59. The van der Waals surface area contributed by atoms with Crippen LogP contribution in [0.4, 0.5) is 5.82 Å². The Hall–Kier alpha value is -2.30.